The fraction of sp³-hybridized carbons (Fsp3) is 0.588. The Labute approximate surface area is 281 Å². The highest BCUT2D eigenvalue weighted by Crippen LogP contribution is 2.23. The third-order valence-corrected chi connectivity index (χ3v) is 7.73. The number of ether oxygens (including phenoxy) is 5. The molecule has 2 rings (SSSR count). The second kappa shape index (κ2) is 18.3. The molecule has 1 heterocycles. The van der Waals surface area contributed by atoms with E-state index in [2.05, 4.69) is 21.0 Å². The zero-order chi connectivity index (χ0) is 36.0. The summed E-state index contributed by atoms with van der Waals surface area (Å²) in [5, 5.41) is 9.94. The third-order valence-electron chi connectivity index (χ3n) is 7.73. The highest BCUT2D eigenvalue weighted by atomic mass is 16.7. The molecule has 0 bridgehead atoms. The first kappa shape index (κ1) is 39.9. The van der Waals surface area contributed by atoms with Crippen LogP contribution in [0, 0.1) is 10.8 Å². The quantitative estimate of drug-likeness (QED) is 0.0704. The molecular formula is C34H49N2O12+. The molecule has 0 aromatic heterocycles. The number of hydrogen-bond donors (Lipinski definition) is 1. The third kappa shape index (κ3) is 12.7. The molecule has 0 saturated heterocycles. The van der Waals surface area contributed by atoms with E-state index in [1.807, 2.05) is 24.3 Å². The molecule has 0 radical (unpaired) electrons. The average molecular weight is 678 g/mol. The van der Waals surface area contributed by atoms with Gasteiger partial charge in [0.1, 0.15) is 43.8 Å². The van der Waals surface area contributed by atoms with E-state index in [0.29, 0.717) is 0 Å². The molecule has 2 unspecified atom stereocenters. The summed E-state index contributed by atoms with van der Waals surface area (Å²) in [5.74, 6) is -3.29. The first-order valence-corrected chi connectivity index (χ1v) is 15.9. The zero-order valence-corrected chi connectivity index (χ0v) is 28.8. The number of unbranched alkanes of at least 4 members (excludes halogenated alkanes) is 1. The minimum atomic E-state index is -1.63. The van der Waals surface area contributed by atoms with Crippen LogP contribution in [0.4, 0.5) is 4.79 Å². The van der Waals surface area contributed by atoms with Gasteiger partial charge in [-0.1, -0.05) is 37.6 Å². The van der Waals surface area contributed by atoms with Crippen LogP contribution in [0.1, 0.15) is 58.1 Å². The van der Waals surface area contributed by atoms with Crippen LogP contribution in [0.5, 0.6) is 0 Å². The zero-order valence-electron chi connectivity index (χ0n) is 28.8. The van der Waals surface area contributed by atoms with Crippen LogP contribution < -0.4 is 0 Å². The lowest BCUT2D eigenvalue weighted by molar-refractivity contribution is -0.903. The van der Waals surface area contributed by atoms with Crippen molar-refractivity contribution in [3.8, 4) is 0 Å². The van der Waals surface area contributed by atoms with E-state index >= 15 is 0 Å². The molecule has 48 heavy (non-hydrogen) atoms. The largest absolute Gasteiger partial charge is 0.508 e. The number of nitrogens with zero attached hydrogens (tertiary/aromatic N) is 2. The van der Waals surface area contributed by atoms with E-state index in [-0.39, 0.29) is 26.2 Å². The van der Waals surface area contributed by atoms with Crippen LogP contribution in [0.25, 0.3) is 0 Å². The van der Waals surface area contributed by atoms with Gasteiger partial charge in [0.25, 0.3) is 11.8 Å². The minimum Gasteiger partial charge on any atom is -0.465 e. The van der Waals surface area contributed by atoms with Gasteiger partial charge in [-0.2, -0.15) is 0 Å². The number of esters is 3. The average Bonchev–Trinajstić information content (AvgIpc) is 3.37. The van der Waals surface area contributed by atoms with E-state index in [0.717, 1.165) is 65.5 Å². The number of quaternary nitrogens is 1. The van der Waals surface area contributed by atoms with E-state index in [1.165, 1.54) is 13.8 Å². The van der Waals surface area contributed by atoms with Crippen molar-refractivity contribution in [2.45, 2.75) is 60.1 Å². The van der Waals surface area contributed by atoms with Crippen LogP contribution in [0.2, 0.25) is 0 Å². The molecule has 266 valence electrons. The Bertz CT molecular complexity index is 1310. The van der Waals surface area contributed by atoms with Crippen LogP contribution >= 0.6 is 0 Å². The summed E-state index contributed by atoms with van der Waals surface area (Å²) in [6, 6.07) is 7.72. The molecule has 1 aromatic rings. The normalized spacial score (nSPS) is 15.4. The van der Waals surface area contributed by atoms with Gasteiger partial charge in [0, 0.05) is 31.2 Å². The molecule has 0 saturated carbocycles. The molecule has 0 aliphatic carbocycles. The Balaban J connectivity index is 1.87. The Kier molecular flexibility index (Phi) is 15.2. The Hall–Kier alpha value is -4.30. The van der Waals surface area contributed by atoms with Crippen molar-refractivity contribution in [1.29, 1.82) is 0 Å². The Morgan fingerprint density at radius 3 is 1.90 bits per heavy atom. The van der Waals surface area contributed by atoms with Gasteiger partial charge in [-0.15, -0.1) is 0 Å². The molecule has 1 aliphatic heterocycles. The van der Waals surface area contributed by atoms with E-state index in [1.54, 1.807) is 0 Å². The second-order valence-electron chi connectivity index (χ2n) is 13.1. The fourth-order valence-corrected chi connectivity index (χ4v) is 4.50. The molecule has 1 aromatic carbocycles. The van der Waals surface area contributed by atoms with Gasteiger partial charge in [-0.3, -0.25) is 28.9 Å². The lowest BCUT2D eigenvalue weighted by Crippen LogP contribution is -2.42. The number of carbonyl (C=O) groups is 6. The lowest BCUT2D eigenvalue weighted by Gasteiger charge is -2.30. The van der Waals surface area contributed by atoms with Crippen molar-refractivity contribution in [3.63, 3.8) is 0 Å². The van der Waals surface area contributed by atoms with E-state index < -0.39 is 73.1 Å². The number of imide groups is 1. The SMILES string of the molecule is CCCC[N+](C)(C)Cc1ccc(COC(=O)C(C)(CO)COC(=O)OCC(C)(COC(C)=O)C(=O)OCCCN2C(=O)C=CC2=O)cc1. The van der Waals surface area contributed by atoms with Crippen LogP contribution in [-0.4, -0.2) is 111 Å². The standard InChI is InChI=1S/C34H49N2O12/c1-7-8-17-36(5,6)19-26-10-12-27(13-11-26)20-45-30(41)33(3,21-37)22-47-32(43)48-24-34(4,23-46-25(2)38)31(42)44-18-9-16-35-28(39)14-15-29(35)40/h10-15,37H,7-9,16-24H2,1-6H3/q+1. The molecule has 2 atom stereocenters. The van der Waals surface area contributed by atoms with Crippen molar-refractivity contribution in [1.82, 2.24) is 4.90 Å². The number of hydrogen-bond acceptors (Lipinski definition) is 12. The first-order chi connectivity index (χ1) is 22.5. The van der Waals surface area contributed by atoms with E-state index in [9.17, 15) is 33.9 Å². The van der Waals surface area contributed by atoms with Gasteiger partial charge in [0.05, 0.1) is 33.9 Å². The van der Waals surface area contributed by atoms with Gasteiger partial charge in [-0.25, -0.2) is 4.79 Å². The number of amides is 2. The smallest absolute Gasteiger partial charge is 0.465 e. The van der Waals surface area contributed by atoms with Crippen LogP contribution in [-0.2, 0) is 60.8 Å². The highest BCUT2D eigenvalue weighted by molar-refractivity contribution is 6.12. The first-order valence-electron chi connectivity index (χ1n) is 15.9. The number of aliphatic hydroxyl groups excluding tert-OH is 1. The maximum absolute atomic E-state index is 12.9. The number of aliphatic hydroxyl groups is 1. The topological polar surface area (TPSA) is 172 Å². The maximum atomic E-state index is 12.9. The van der Waals surface area contributed by atoms with Crippen LogP contribution in [0.3, 0.4) is 0 Å². The molecule has 2 amide bonds. The maximum Gasteiger partial charge on any atom is 0.508 e. The Morgan fingerprint density at radius 1 is 0.792 bits per heavy atom. The fourth-order valence-electron chi connectivity index (χ4n) is 4.50. The Morgan fingerprint density at radius 2 is 1.33 bits per heavy atom. The van der Waals surface area contributed by atoms with Crippen molar-refractivity contribution in [2.24, 2.45) is 10.8 Å². The predicted octanol–water partition coefficient (Wildman–Crippen LogP) is 2.69. The highest BCUT2D eigenvalue weighted by Gasteiger charge is 2.40. The summed E-state index contributed by atoms with van der Waals surface area (Å²) in [4.78, 5) is 73.9. The van der Waals surface area contributed by atoms with Gasteiger partial charge in [-0.05, 0) is 32.3 Å². The van der Waals surface area contributed by atoms with Crippen molar-refractivity contribution in [3.05, 3.63) is 47.5 Å². The van der Waals surface area contributed by atoms with Crippen molar-refractivity contribution >= 4 is 35.9 Å². The predicted molar refractivity (Wildman–Crippen MR) is 170 cm³/mol. The molecule has 0 fully saturated rings. The lowest BCUT2D eigenvalue weighted by atomic mass is 9.93. The number of benzene rings is 1. The summed E-state index contributed by atoms with van der Waals surface area (Å²) < 4.78 is 26.7. The molecule has 14 nitrogen and oxygen atoms in total. The summed E-state index contributed by atoms with van der Waals surface area (Å²) >= 11 is 0. The van der Waals surface area contributed by atoms with Gasteiger partial charge < -0.3 is 33.3 Å². The van der Waals surface area contributed by atoms with E-state index in [4.69, 9.17) is 23.7 Å². The van der Waals surface area contributed by atoms with Gasteiger partial charge in [0.15, 0.2) is 0 Å². The summed E-state index contributed by atoms with van der Waals surface area (Å²) in [6.07, 6.45) is 3.46. The number of rotatable bonds is 20. The van der Waals surface area contributed by atoms with Crippen molar-refractivity contribution in [2.75, 3.05) is 60.2 Å². The van der Waals surface area contributed by atoms with Gasteiger partial charge in [0.2, 0.25) is 0 Å². The molecule has 1 aliphatic rings. The molecule has 14 heteroatoms. The summed E-state index contributed by atoms with van der Waals surface area (Å²) in [7, 11) is 4.37. The van der Waals surface area contributed by atoms with Crippen LogP contribution in [0.15, 0.2) is 36.4 Å². The summed E-state index contributed by atoms with van der Waals surface area (Å²) in [6.45, 7) is 5.37. The molecule has 1 N–H and O–H groups in total. The molecular weight excluding hydrogens is 628 g/mol. The second-order valence-corrected chi connectivity index (χ2v) is 13.1. The molecule has 0 spiro atoms. The minimum absolute atomic E-state index is 0.0247. The summed E-state index contributed by atoms with van der Waals surface area (Å²) in [5.41, 5.74) is -1.33. The van der Waals surface area contributed by atoms with Crippen molar-refractivity contribution < 1.29 is 62.0 Å². The number of carbonyl (C=O) groups excluding carboxylic acids is 6. The monoisotopic (exact) mass is 677 g/mol. The van der Waals surface area contributed by atoms with Gasteiger partial charge >= 0.3 is 24.1 Å².